The van der Waals surface area contributed by atoms with E-state index in [2.05, 4.69) is 5.32 Å². The molecule has 0 fully saturated rings. The van der Waals surface area contributed by atoms with E-state index in [1.54, 1.807) is 6.92 Å². The number of ether oxygens (including phenoxy) is 2. The highest BCUT2D eigenvalue weighted by molar-refractivity contribution is 7.18. The smallest absolute Gasteiger partial charge is 0.341 e. The summed E-state index contributed by atoms with van der Waals surface area (Å²) >= 11 is 0.971. The van der Waals surface area contributed by atoms with Gasteiger partial charge in [0.25, 0.3) is 5.91 Å². The number of hydrogen-bond donors (Lipinski definition) is 2. The normalized spacial score (nSPS) is 10.5. The highest BCUT2D eigenvalue weighted by Gasteiger charge is 2.27. The van der Waals surface area contributed by atoms with E-state index in [0.717, 1.165) is 11.3 Å². The van der Waals surface area contributed by atoms with Gasteiger partial charge in [0.05, 0.1) is 6.61 Å². The van der Waals surface area contributed by atoms with Crippen LogP contribution in [-0.4, -0.2) is 31.5 Å². The van der Waals surface area contributed by atoms with E-state index in [1.165, 1.54) is 7.05 Å². The number of esters is 2. The highest BCUT2D eigenvalue weighted by atomic mass is 32.1. The molecule has 134 valence electrons. The molecule has 0 radical (unpaired) electrons. The summed E-state index contributed by atoms with van der Waals surface area (Å²) in [6, 6.07) is 0. The van der Waals surface area contributed by atoms with Gasteiger partial charge in [-0.15, -0.1) is 11.3 Å². The Morgan fingerprint density at radius 1 is 1.25 bits per heavy atom. The monoisotopic (exact) mass is 356 g/mol. The van der Waals surface area contributed by atoms with Gasteiger partial charge < -0.3 is 20.5 Å². The first-order valence-corrected chi connectivity index (χ1v) is 8.59. The summed E-state index contributed by atoms with van der Waals surface area (Å²) in [4.78, 5) is 36.2. The van der Waals surface area contributed by atoms with Crippen LogP contribution in [0.2, 0.25) is 0 Å². The Hall–Kier alpha value is -2.09. The molecule has 1 aromatic heterocycles. The van der Waals surface area contributed by atoms with Crippen LogP contribution in [0, 0.1) is 5.92 Å². The molecular weight excluding hydrogens is 332 g/mol. The minimum Gasteiger partial charge on any atom is -0.462 e. The quantitative estimate of drug-likeness (QED) is 0.692. The fourth-order valence-corrected chi connectivity index (χ4v) is 2.99. The number of nitrogens with two attached hydrogens (primary N) is 1. The van der Waals surface area contributed by atoms with Crippen LogP contribution in [0.15, 0.2) is 0 Å². The SMILES string of the molecule is CCOC(=O)c1c(N)sc(C(=O)NC)c1COC(=O)CCC(C)C. The molecule has 7 nitrogen and oxygen atoms in total. The van der Waals surface area contributed by atoms with E-state index in [4.69, 9.17) is 15.2 Å². The van der Waals surface area contributed by atoms with Gasteiger partial charge in [-0.1, -0.05) is 13.8 Å². The van der Waals surface area contributed by atoms with Gasteiger partial charge in [0.15, 0.2) is 0 Å². The molecule has 8 heteroatoms. The first-order chi connectivity index (χ1) is 11.3. The maximum atomic E-state index is 12.1. The lowest BCUT2D eigenvalue weighted by atomic mass is 10.1. The van der Waals surface area contributed by atoms with Crippen LogP contribution in [0.25, 0.3) is 0 Å². The molecule has 0 saturated heterocycles. The summed E-state index contributed by atoms with van der Waals surface area (Å²) in [7, 11) is 1.47. The third kappa shape index (κ3) is 5.23. The molecule has 3 N–H and O–H groups in total. The van der Waals surface area contributed by atoms with Gasteiger partial charge in [0.2, 0.25) is 0 Å². The van der Waals surface area contributed by atoms with E-state index in [0.29, 0.717) is 12.3 Å². The molecule has 1 aromatic rings. The standard InChI is InChI=1S/C16H24N2O5S/c1-5-22-16(21)12-10(8-23-11(19)7-6-9(2)3)13(15(20)18-4)24-14(12)17/h9H,5-8,17H2,1-4H3,(H,18,20). The number of thiophene rings is 1. The number of carbonyl (C=O) groups is 3. The van der Waals surface area contributed by atoms with Crippen molar-refractivity contribution in [2.24, 2.45) is 5.92 Å². The second-order valence-electron chi connectivity index (χ2n) is 5.54. The zero-order valence-electron chi connectivity index (χ0n) is 14.4. The minimum atomic E-state index is -0.630. The molecule has 0 aliphatic carbocycles. The van der Waals surface area contributed by atoms with Crippen LogP contribution in [0.4, 0.5) is 5.00 Å². The predicted octanol–water partition coefficient (Wildman–Crippen LogP) is 2.35. The van der Waals surface area contributed by atoms with E-state index >= 15 is 0 Å². The van der Waals surface area contributed by atoms with Gasteiger partial charge >= 0.3 is 11.9 Å². The number of anilines is 1. The zero-order chi connectivity index (χ0) is 18.3. The average molecular weight is 356 g/mol. The lowest BCUT2D eigenvalue weighted by Gasteiger charge is -2.09. The van der Waals surface area contributed by atoms with Gasteiger partial charge in [-0.3, -0.25) is 9.59 Å². The minimum absolute atomic E-state index is 0.0945. The highest BCUT2D eigenvalue weighted by Crippen LogP contribution is 2.32. The fraction of sp³-hybridized carbons (Fsp3) is 0.562. The molecule has 1 rings (SSSR count). The van der Waals surface area contributed by atoms with E-state index in [-0.39, 0.29) is 46.6 Å². The third-order valence-electron chi connectivity index (χ3n) is 3.25. The van der Waals surface area contributed by atoms with Gasteiger partial charge in [0, 0.05) is 19.0 Å². The number of nitrogens with one attached hydrogen (secondary N) is 1. The molecule has 1 heterocycles. The molecule has 1 amide bonds. The maximum Gasteiger partial charge on any atom is 0.341 e. The van der Waals surface area contributed by atoms with Crippen LogP contribution >= 0.6 is 11.3 Å². The lowest BCUT2D eigenvalue weighted by Crippen LogP contribution is -2.19. The Kier molecular flexibility index (Phi) is 7.70. The van der Waals surface area contributed by atoms with Crippen LogP contribution in [0.3, 0.4) is 0 Å². The van der Waals surface area contributed by atoms with E-state index in [9.17, 15) is 14.4 Å². The van der Waals surface area contributed by atoms with Crippen molar-refractivity contribution < 1.29 is 23.9 Å². The van der Waals surface area contributed by atoms with E-state index < -0.39 is 11.9 Å². The molecule has 0 atom stereocenters. The number of rotatable bonds is 8. The molecule has 0 aliphatic heterocycles. The summed E-state index contributed by atoms with van der Waals surface area (Å²) in [5.41, 5.74) is 6.25. The summed E-state index contributed by atoms with van der Waals surface area (Å²) in [6.45, 7) is 5.68. The number of nitrogen functional groups attached to an aromatic ring is 1. The molecule has 24 heavy (non-hydrogen) atoms. The van der Waals surface area contributed by atoms with Crippen LogP contribution < -0.4 is 11.1 Å². The van der Waals surface area contributed by atoms with E-state index in [1.807, 2.05) is 13.8 Å². The Balaban J connectivity index is 3.02. The summed E-state index contributed by atoms with van der Waals surface area (Å²) in [5.74, 6) is -1.03. The van der Waals surface area contributed by atoms with Crippen LogP contribution in [0.5, 0.6) is 0 Å². The summed E-state index contributed by atoms with van der Waals surface area (Å²) in [5, 5.41) is 2.65. The van der Waals surface area contributed by atoms with Crippen molar-refractivity contribution in [1.82, 2.24) is 5.32 Å². The second kappa shape index (κ2) is 9.27. The summed E-state index contributed by atoms with van der Waals surface area (Å²) in [6.07, 6.45) is 0.985. The van der Waals surface area contributed by atoms with Gasteiger partial charge in [0.1, 0.15) is 22.0 Å². The maximum absolute atomic E-state index is 12.1. The number of amides is 1. The number of carbonyl (C=O) groups excluding carboxylic acids is 3. The molecule has 0 saturated carbocycles. The van der Waals surface area contributed by atoms with Crippen molar-refractivity contribution in [3.05, 3.63) is 16.0 Å². The van der Waals surface area contributed by atoms with Crippen molar-refractivity contribution in [2.45, 2.75) is 40.2 Å². The first kappa shape index (κ1) is 20.0. The molecule has 0 bridgehead atoms. The van der Waals surface area contributed by atoms with Crippen molar-refractivity contribution in [3.8, 4) is 0 Å². The lowest BCUT2D eigenvalue weighted by molar-refractivity contribution is -0.145. The van der Waals surface area contributed by atoms with Crippen molar-refractivity contribution in [3.63, 3.8) is 0 Å². The molecule has 0 aromatic carbocycles. The van der Waals surface area contributed by atoms with Crippen LogP contribution in [0.1, 0.15) is 59.2 Å². The molecule has 0 unspecified atom stereocenters. The summed E-state index contributed by atoms with van der Waals surface area (Å²) < 4.78 is 10.2. The zero-order valence-corrected chi connectivity index (χ0v) is 15.2. The van der Waals surface area contributed by atoms with Crippen LogP contribution in [-0.2, 0) is 20.9 Å². The topological polar surface area (TPSA) is 108 Å². The second-order valence-corrected chi connectivity index (χ2v) is 6.59. The van der Waals surface area contributed by atoms with Gasteiger partial charge in [-0.2, -0.15) is 0 Å². The largest absolute Gasteiger partial charge is 0.462 e. The van der Waals surface area contributed by atoms with Crippen molar-refractivity contribution >= 4 is 34.2 Å². The Bertz CT molecular complexity index is 610. The number of hydrogen-bond acceptors (Lipinski definition) is 7. The fourth-order valence-electron chi connectivity index (χ4n) is 1.98. The molecule has 0 aliphatic rings. The van der Waals surface area contributed by atoms with Gasteiger partial charge in [-0.25, -0.2) is 4.79 Å². The molecule has 0 spiro atoms. The Morgan fingerprint density at radius 2 is 1.92 bits per heavy atom. The average Bonchev–Trinajstić information content (AvgIpc) is 2.86. The first-order valence-electron chi connectivity index (χ1n) is 7.77. The van der Waals surface area contributed by atoms with Crippen molar-refractivity contribution in [1.29, 1.82) is 0 Å². The predicted molar refractivity (Wildman–Crippen MR) is 91.9 cm³/mol. The van der Waals surface area contributed by atoms with Crippen molar-refractivity contribution in [2.75, 3.05) is 19.4 Å². The Morgan fingerprint density at radius 3 is 2.46 bits per heavy atom. The third-order valence-corrected chi connectivity index (χ3v) is 4.31. The molecular formula is C16H24N2O5S. The Labute approximate surface area is 145 Å². The van der Waals surface area contributed by atoms with Gasteiger partial charge in [-0.05, 0) is 19.3 Å².